The molecule has 0 saturated heterocycles. The molecule has 1 aromatic heterocycles. The summed E-state index contributed by atoms with van der Waals surface area (Å²) in [5, 5.41) is 0. The average molecular weight is 397 g/mol. The molecule has 0 N–H and O–H groups in total. The molecule has 0 atom stereocenters. The Morgan fingerprint density at radius 2 is 1.79 bits per heavy atom. The van der Waals surface area contributed by atoms with E-state index in [2.05, 4.69) is 9.88 Å². The van der Waals surface area contributed by atoms with Crippen LogP contribution >= 0.6 is 0 Å². The number of imidazole rings is 1. The minimum absolute atomic E-state index is 0.340. The maximum atomic E-state index is 13.6. The topological polar surface area (TPSA) is 58.4 Å². The molecule has 0 unspecified atom stereocenters. The first kappa shape index (κ1) is 18.6. The molecule has 0 saturated carbocycles. The van der Waals surface area contributed by atoms with Crippen molar-refractivity contribution in [3.8, 4) is 5.69 Å². The van der Waals surface area contributed by atoms with Crippen LogP contribution in [0.25, 0.3) is 5.69 Å². The van der Waals surface area contributed by atoms with Crippen LogP contribution in [-0.2, 0) is 10.0 Å². The van der Waals surface area contributed by atoms with Crippen molar-refractivity contribution in [2.75, 3.05) is 29.3 Å². The SMILES string of the molecule is Cc1cn(-c2ccc(S(=O)(=O)N3CCN(C)c4cccc(C)c43)c(C)c2)cn1. The van der Waals surface area contributed by atoms with Gasteiger partial charge in [-0.1, -0.05) is 12.1 Å². The van der Waals surface area contributed by atoms with Crippen molar-refractivity contribution in [1.29, 1.82) is 0 Å². The summed E-state index contributed by atoms with van der Waals surface area (Å²) in [7, 11) is -1.67. The van der Waals surface area contributed by atoms with Gasteiger partial charge in [0.15, 0.2) is 0 Å². The minimum Gasteiger partial charge on any atom is -0.371 e. The number of para-hydroxylation sites is 1. The largest absolute Gasteiger partial charge is 0.371 e. The van der Waals surface area contributed by atoms with Crippen LogP contribution < -0.4 is 9.21 Å². The Labute approximate surface area is 166 Å². The predicted octanol–water partition coefficient (Wildman–Crippen LogP) is 3.44. The van der Waals surface area contributed by atoms with Crippen molar-refractivity contribution in [2.45, 2.75) is 25.7 Å². The highest BCUT2D eigenvalue weighted by Crippen LogP contribution is 2.38. The number of aryl methyl sites for hydroxylation is 3. The van der Waals surface area contributed by atoms with E-state index >= 15 is 0 Å². The van der Waals surface area contributed by atoms with Crippen LogP contribution in [0.3, 0.4) is 0 Å². The maximum absolute atomic E-state index is 13.6. The quantitative estimate of drug-likeness (QED) is 0.680. The Balaban J connectivity index is 1.79. The van der Waals surface area contributed by atoms with E-state index < -0.39 is 10.0 Å². The molecule has 3 aromatic rings. The Bertz CT molecular complexity index is 1150. The Morgan fingerprint density at radius 3 is 2.46 bits per heavy atom. The molecule has 1 aliphatic rings. The first-order chi connectivity index (χ1) is 13.3. The van der Waals surface area contributed by atoms with Gasteiger partial charge in [0, 0.05) is 25.5 Å². The number of rotatable bonds is 3. The number of aromatic nitrogens is 2. The summed E-state index contributed by atoms with van der Waals surface area (Å²) >= 11 is 0. The maximum Gasteiger partial charge on any atom is 0.264 e. The van der Waals surface area contributed by atoms with E-state index in [1.807, 2.05) is 68.9 Å². The van der Waals surface area contributed by atoms with E-state index in [-0.39, 0.29) is 0 Å². The zero-order valence-electron chi connectivity index (χ0n) is 16.5. The van der Waals surface area contributed by atoms with Crippen LogP contribution in [0.15, 0.2) is 53.8 Å². The summed E-state index contributed by atoms with van der Waals surface area (Å²) in [5.74, 6) is 0. The number of sulfonamides is 1. The molecule has 146 valence electrons. The highest BCUT2D eigenvalue weighted by atomic mass is 32.2. The molecule has 28 heavy (non-hydrogen) atoms. The highest BCUT2D eigenvalue weighted by molar-refractivity contribution is 7.93. The van der Waals surface area contributed by atoms with Crippen LogP contribution in [0, 0.1) is 20.8 Å². The van der Waals surface area contributed by atoms with Gasteiger partial charge < -0.3 is 9.47 Å². The van der Waals surface area contributed by atoms with Crippen molar-refractivity contribution in [3.05, 3.63) is 65.7 Å². The summed E-state index contributed by atoms with van der Waals surface area (Å²) < 4.78 is 30.6. The first-order valence-corrected chi connectivity index (χ1v) is 10.7. The van der Waals surface area contributed by atoms with Crippen molar-refractivity contribution in [2.24, 2.45) is 0 Å². The molecule has 0 fully saturated rings. The molecule has 7 heteroatoms. The molecule has 0 spiro atoms. The smallest absolute Gasteiger partial charge is 0.264 e. The third-order valence-corrected chi connectivity index (χ3v) is 7.21. The first-order valence-electron chi connectivity index (χ1n) is 9.24. The summed E-state index contributed by atoms with van der Waals surface area (Å²) in [5.41, 5.74) is 5.20. The molecule has 0 bridgehead atoms. The third-order valence-electron chi connectivity index (χ3n) is 5.25. The molecule has 0 amide bonds. The Kier molecular flexibility index (Phi) is 4.42. The average Bonchev–Trinajstić information content (AvgIpc) is 3.08. The second-order valence-corrected chi connectivity index (χ2v) is 9.14. The second kappa shape index (κ2) is 6.67. The zero-order valence-corrected chi connectivity index (χ0v) is 17.4. The highest BCUT2D eigenvalue weighted by Gasteiger charge is 2.33. The standard InChI is InChI=1S/C21H24N4O2S/c1-15-6-5-7-19-21(15)25(11-10-23(19)4)28(26,27)20-9-8-18(12-16(20)2)24-13-17(3)22-14-24/h5-9,12-14H,10-11H2,1-4H3. The summed E-state index contributed by atoms with van der Waals surface area (Å²) in [6.07, 6.45) is 3.65. The van der Waals surface area contributed by atoms with E-state index in [4.69, 9.17) is 0 Å². The van der Waals surface area contributed by atoms with E-state index in [0.29, 0.717) is 18.0 Å². The van der Waals surface area contributed by atoms with Crippen molar-refractivity contribution < 1.29 is 8.42 Å². The minimum atomic E-state index is -3.66. The van der Waals surface area contributed by atoms with Crippen molar-refractivity contribution in [1.82, 2.24) is 9.55 Å². The summed E-state index contributed by atoms with van der Waals surface area (Å²) in [6, 6.07) is 11.3. The van der Waals surface area contributed by atoms with Crippen LogP contribution in [0.5, 0.6) is 0 Å². The lowest BCUT2D eigenvalue weighted by Crippen LogP contribution is -2.43. The molecule has 2 heterocycles. The van der Waals surface area contributed by atoms with Gasteiger partial charge in [0.2, 0.25) is 0 Å². The van der Waals surface area contributed by atoms with Crippen molar-refractivity contribution in [3.63, 3.8) is 0 Å². The van der Waals surface area contributed by atoms with Gasteiger partial charge in [-0.3, -0.25) is 4.31 Å². The molecule has 1 aliphatic heterocycles. The normalized spacial score (nSPS) is 14.3. The fraction of sp³-hybridized carbons (Fsp3) is 0.286. The number of likely N-dealkylation sites (N-methyl/N-ethyl adjacent to an activating group) is 1. The van der Waals surface area contributed by atoms with Gasteiger partial charge in [0.1, 0.15) is 0 Å². The van der Waals surface area contributed by atoms with E-state index in [0.717, 1.165) is 33.9 Å². The summed E-state index contributed by atoms with van der Waals surface area (Å²) in [6.45, 7) is 6.81. The predicted molar refractivity (Wildman–Crippen MR) is 112 cm³/mol. The van der Waals surface area contributed by atoms with E-state index in [1.165, 1.54) is 0 Å². The van der Waals surface area contributed by atoms with Crippen LogP contribution in [0.4, 0.5) is 11.4 Å². The van der Waals surface area contributed by atoms with Crippen LogP contribution in [0.1, 0.15) is 16.8 Å². The molecular weight excluding hydrogens is 372 g/mol. The molecule has 0 aliphatic carbocycles. The second-order valence-electron chi connectivity index (χ2n) is 7.31. The Hall–Kier alpha value is -2.80. The van der Waals surface area contributed by atoms with Gasteiger partial charge in [-0.25, -0.2) is 13.4 Å². The van der Waals surface area contributed by atoms with Gasteiger partial charge in [0.25, 0.3) is 10.0 Å². The fourth-order valence-electron chi connectivity index (χ4n) is 3.75. The lowest BCUT2D eigenvalue weighted by atomic mass is 10.1. The molecule has 6 nitrogen and oxygen atoms in total. The number of hydrogen-bond donors (Lipinski definition) is 0. The number of benzene rings is 2. The van der Waals surface area contributed by atoms with Crippen LogP contribution in [0.2, 0.25) is 0 Å². The van der Waals surface area contributed by atoms with E-state index in [9.17, 15) is 8.42 Å². The number of hydrogen-bond acceptors (Lipinski definition) is 4. The Morgan fingerprint density at radius 1 is 1.00 bits per heavy atom. The number of nitrogens with zero attached hydrogens (tertiary/aromatic N) is 4. The lowest BCUT2D eigenvalue weighted by Gasteiger charge is -2.37. The summed E-state index contributed by atoms with van der Waals surface area (Å²) in [4.78, 5) is 6.68. The van der Waals surface area contributed by atoms with Gasteiger partial charge >= 0.3 is 0 Å². The van der Waals surface area contributed by atoms with Gasteiger partial charge in [-0.2, -0.15) is 0 Å². The van der Waals surface area contributed by atoms with Crippen molar-refractivity contribution >= 4 is 21.4 Å². The van der Waals surface area contributed by atoms with Crippen LogP contribution in [-0.4, -0.2) is 38.1 Å². The monoisotopic (exact) mass is 396 g/mol. The third kappa shape index (κ3) is 2.96. The van der Waals surface area contributed by atoms with Gasteiger partial charge in [-0.05, 0) is 56.2 Å². The van der Waals surface area contributed by atoms with Gasteiger partial charge in [-0.15, -0.1) is 0 Å². The zero-order chi connectivity index (χ0) is 20.1. The molecule has 2 aromatic carbocycles. The molecule has 0 radical (unpaired) electrons. The number of fused-ring (bicyclic) bond motifs is 1. The lowest BCUT2D eigenvalue weighted by molar-refractivity contribution is 0.588. The molecule has 4 rings (SSSR count). The fourth-order valence-corrected chi connectivity index (χ4v) is 5.50. The van der Waals surface area contributed by atoms with E-state index in [1.54, 1.807) is 16.7 Å². The number of anilines is 2. The van der Waals surface area contributed by atoms with Gasteiger partial charge in [0.05, 0.1) is 34.8 Å². The molecular formula is C21H24N4O2S.